The number of hydrogen-bond acceptors (Lipinski definition) is 6. The van der Waals surface area contributed by atoms with Gasteiger partial charge in [-0.05, 0) is 45.7 Å². The molecule has 0 amide bonds. The van der Waals surface area contributed by atoms with Gasteiger partial charge >= 0.3 is 5.97 Å². The lowest BCUT2D eigenvalue weighted by Gasteiger charge is -2.44. The van der Waals surface area contributed by atoms with Gasteiger partial charge in [0.2, 0.25) is 0 Å². The maximum atomic E-state index is 12.3. The van der Waals surface area contributed by atoms with Crippen LogP contribution in [0.3, 0.4) is 0 Å². The van der Waals surface area contributed by atoms with Crippen molar-refractivity contribution in [2.24, 2.45) is 0 Å². The zero-order valence-electron chi connectivity index (χ0n) is 14.9. The minimum absolute atomic E-state index is 0.220. The van der Waals surface area contributed by atoms with Crippen LogP contribution in [0.2, 0.25) is 0 Å². The van der Waals surface area contributed by atoms with Gasteiger partial charge in [-0.2, -0.15) is 0 Å². The molecule has 1 aromatic rings. The standard InChI is InChI=1S/C19H26O6/c1-18(2)22-12-16(25-18)19(3)10-9-14(15(11-20)24-19)23-17(21)13-7-5-4-6-8-13/h4-8,14-16,20H,9-12H2,1-3H3. The molecule has 4 atom stereocenters. The predicted molar refractivity (Wildman–Crippen MR) is 90.1 cm³/mol. The van der Waals surface area contributed by atoms with Crippen LogP contribution < -0.4 is 0 Å². The molecule has 0 spiro atoms. The summed E-state index contributed by atoms with van der Waals surface area (Å²) in [5.74, 6) is -1.04. The molecule has 2 aliphatic heterocycles. The Morgan fingerprint density at radius 1 is 1.24 bits per heavy atom. The van der Waals surface area contributed by atoms with Gasteiger partial charge in [0.15, 0.2) is 5.79 Å². The van der Waals surface area contributed by atoms with Gasteiger partial charge in [-0.25, -0.2) is 4.79 Å². The molecule has 0 bridgehead atoms. The Morgan fingerprint density at radius 2 is 1.96 bits per heavy atom. The van der Waals surface area contributed by atoms with Gasteiger partial charge in [0.25, 0.3) is 0 Å². The van der Waals surface area contributed by atoms with Gasteiger partial charge in [0.1, 0.15) is 18.3 Å². The number of aliphatic hydroxyl groups is 1. The Bertz CT molecular complexity index is 601. The number of ether oxygens (including phenoxy) is 4. The van der Waals surface area contributed by atoms with Crippen LogP contribution in [0.4, 0.5) is 0 Å². The predicted octanol–water partition coefficient (Wildman–Crippen LogP) is 2.29. The van der Waals surface area contributed by atoms with Crippen LogP contribution in [0.5, 0.6) is 0 Å². The van der Waals surface area contributed by atoms with Gasteiger partial charge in [0, 0.05) is 0 Å². The van der Waals surface area contributed by atoms with Gasteiger partial charge in [0.05, 0.1) is 24.4 Å². The van der Waals surface area contributed by atoms with Crippen LogP contribution in [0.25, 0.3) is 0 Å². The lowest BCUT2D eigenvalue weighted by Crippen LogP contribution is -2.55. The molecule has 0 radical (unpaired) electrons. The Balaban J connectivity index is 1.65. The number of carbonyl (C=O) groups excluding carboxylic acids is 1. The van der Waals surface area contributed by atoms with Crippen molar-refractivity contribution in [3.8, 4) is 0 Å². The van der Waals surface area contributed by atoms with E-state index in [0.717, 1.165) is 0 Å². The van der Waals surface area contributed by atoms with Crippen molar-refractivity contribution in [2.75, 3.05) is 13.2 Å². The molecule has 2 saturated heterocycles. The second-order valence-electron chi connectivity index (χ2n) is 7.32. The molecule has 1 aromatic carbocycles. The Kier molecular flexibility index (Phi) is 5.16. The van der Waals surface area contributed by atoms with Crippen molar-refractivity contribution < 1.29 is 28.8 Å². The first-order valence-electron chi connectivity index (χ1n) is 8.69. The highest BCUT2D eigenvalue weighted by atomic mass is 16.8. The molecule has 138 valence electrons. The molecular formula is C19H26O6. The highest BCUT2D eigenvalue weighted by Gasteiger charge is 2.50. The largest absolute Gasteiger partial charge is 0.456 e. The molecule has 6 heteroatoms. The first-order valence-corrected chi connectivity index (χ1v) is 8.69. The number of esters is 1. The molecule has 0 aromatic heterocycles. The summed E-state index contributed by atoms with van der Waals surface area (Å²) in [5.41, 5.74) is -0.0987. The summed E-state index contributed by atoms with van der Waals surface area (Å²) in [7, 11) is 0. The molecule has 0 aliphatic carbocycles. The van der Waals surface area contributed by atoms with E-state index in [2.05, 4.69) is 0 Å². The molecule has 25 heavy (non-hydrogen) atoms. The van der Waals surface area contributed by atoms with Gasteiger partial charge in [-0.1, -0.05) is 18.2 Å². The molecule has 3 rings (SSSR count). The van der Waals surface area contributed by atoms with E-state index < -0.39 is 29.6 Å². The maximum Gasteiger partial charge on any atom is 0.338 e. The van der Waals surface area contributed by atoms with E-state index in [0.29, 0.717) is 25.0 Å². The fourth-order valence-corrected chi connectivity index (χ4v) is 3.39. The average Bonchev–Trinajstić information content (AvgIpc) is 2.98. The minimum atomic E-state index is -0.637. The summed E-state index contributed by atoms with van der Waals surface area (Å²) in [5, 5.41) is 9.73. The summed E-state index contributed by atoms with van der Waals surface area (Å²) in [4.78, 5) is 12.3. The lowest BCUT2D eigenvalue weighted by molar-refractivity contribution is -0.231. The molecule has 2 aliphatic rings. The van der Waals surface area contributed by atoms with Crippen LogP contribution in [0.15, 0.2) is 30.3 Å². The minimum Gasteiger partial charge on any atom is -0.456 e. The van der Waals surface area contributed by atoms with Crippen molar-refractivity contribution in [3.63, 3.8) is 0 Å². The fraction of sp³-hybridized carbons (Fsp3) is 0.632. The molecule has 1 N–H and O–H groups in total. The normalized spacial score (nSPS) is 34.6. The monoisotopic (exact) mass is 350 g/mol. The van der Waals surface area contributed by atoms with Crippen molar-refractivity contribution in [3.05, 3.63) is 35.9 Å². The van der Waals surface area contributed by atoms with Crippen molar-refractivity contribution in [1.29, 1.82) is 0 Å². The number of hydrogen-bond donors (Lipinski definition) is 1. The number of benzene rings is 1. The van der Waals surface area contributed by atoms with E-state index in [1.807, 2.05) is 26.8 Å². The third-order valence-electron chi connectivity index (χ3n) is 4.90. The first kappa shape index (κ1) is 18.3. The lowest BCUT2D eigenvalue weighted by atomic mass is 9.87. The zero-order valence-corrected chi connectivity index (χ0v) is 14.9. The topological polar surface area (TPSA) is 74.2 Å². The summed E-state index contributed by atoms with van der Waals surface area (Å²) < 4.78 is 23.3. The van der Waals surface area contributed by atoms with Crippen molar-refractivity contribution in [2.45, 2.75) is 63.3 Å². The highest BCUT2D eigenvalue weighted by Crippen LogP contribution is 2.39. The Hall–Kier alpha value is -1.47. The number of rotatable bonds is 4. The van der Waals surface area contributed by atoms with Crippen LogP contribution in [-0.4, -0.2) is 54.0 Å². The summed E-state index contributed by atoms with van der Waals surface area (Å²) in [6, 6.07) is 8.82. The quantitative estimate of drug-likeness (QED) is 0.840. The molecule has 2 fully saturated rings. The summed E-state index contributed by atoms with van der Waals surface area (Å²) >= 11 is 0. The van der Waals surface area contributed by atoms with Crippen LogP contribution >= 0.6 is 0 Å². The SMILES string of the molecule is CC1(C)OCC(C2(C)CCC(OC(=O)c3ccccc3)C(CO)O2)O1. The van der Waals surface area contributed by atoms with Crippen LogP contribution in [0, 0.1) is 0 Å². The molecule has 4 unspecified atom stereocenters. The summed E-state index contributed by atoms with van der Waals surface area (Å²) in [6.45, 7) is 5.91. The second-order valence-corrected chi connectivity index (χ2v) is 7.32. The average molecular weight is 350 g/mol. The Labute approximate surface area is 148 Å². The molecular weight excluding hydrogens is 324 g/mol. The maximum absolute atomic E-state index is 12.3. The van der Waals surface area contributed by atoms with Crippen LogP contribution in [0.1, 0.15) is 44.0 Å². The second kappa shape index (κ2) is 7.03. The zero-order chi connectivity index (χ0) is 18.1. The molecule has 6 nitrogen and oxygen atoms in total. The highest BCUT2D eigenvalue weighted by molar-refractivity contribution is 5.89. The van der Waals surface area contributed by atoms with Gasteiger partial charge in [-0.3, -0.25) is 0 Å². The number of carbonyl (C=O) groups is 1. The van der Waals surface area contributed by atoms with E-state index in [1.54, 1.807) is 24.3 Å². The molecule has 0 saturated carbocycles. The van der Waals surface area contributed by atoms with Gasteiger partial charge < -0.3 is 24.1 Å². The van der Waals surface area contributed by atoms with Gasteiger partial charge in [-0.15, -0.1) is 0 Å². The fourth-order valence-electron chi connectivity index (χ4n) is 3.39. The first-order chi connectivity index (χ1) is 11.8. The number of aliphatic hydroxyl groups excluding tert-OH is 1. The van der Waals surface area contributed by atoms with E-state index in [-0.39, 0.29) is 12.7 Å². The summed E-state index contributed by atoms with van der Waals surface area (Å²) in [6.07, 6.45) is -0.0387. The third kappa shape index (κ3) is 4.03. The third-order valence-corrected chi connectivity index (χ3v) is 4.90. The molecule has 2 heterocycles. The Morgan fingerprint density at radius 3 is 2.56 bits per heavy atom. The van der Waals surface area contributed by atoms with Crippen molar-refractivity contribution in [1.82, 2.24) is 0 Å². The van der Waals surface area contributed by atoms with E-state index >= 15 is 0 Å². The van der Waals surface area contributed by atoms with Crippen LogP contribution in [-0.2, 0) is 18.9 Å². The van der Waals surface area contributed by atoms with E-state index in [1.165, 1.54) is 0 Å². The smallest absolute Gasteiger partial charge is 0.338 e. The van der Waals surface area contributed by atoms with Crippen molar-refractivity contribution >= 4 is 5.97 Å². The van der Waals surface area contributed by atoms with E-state index in [4.69, 9.17) is 18.9 Å². The van der Waals surface area contributed by atoms with E-state index in [9.17, 15) is 9.90 Å².